The molecule has 9 nitrogen and oxygen atoms in total. The van der Waals surface area contributed by atoms with E-state index in [-0.39, 0.29) is 37.1 Å². The van der Waals surface area contributed by atoms with Crippen LogP contribution in [-0.2, 0) is 25.6 Å². The number of hydrogen-bond acceptors (Lipinski definition) is 9. The zero-order valence-electron chi connectivity index (χ0n) is 21.9. The Kier molecular flexibility index (Phi) is 8.77. The molecule has 0 unspecified atom stereocenters. The lowest BCUT2D eigenvalue weighted by Crippen LogP contribution is -2.32. The van der Waals surface area contributed by atoms with Gasteiger partial charge >= 0.3 is 5.97 Å². The van der Waals surface area contributed by atoms with Crippen molar-refractivity contribution in [3.63, 3.8) is 0 Å². The summed E-state index contributed by atoms with van der Waals surface area (Å²) in [6.45, 7) is 6.05. The summed E-state index contributed by atoms with van der Waals surface area (Å²) in [4.78, 5) is 44.9. The van der Waals surface area contributed by atoms with Gasteiger partial charge in [0, 0.05) is 18.4 Å². The van der Waals surface area contributed by atoms with Crippen LogP contribution in [-0.4, -0.2) is 32.9 Å². The molecule has 3 aromatic carbocycles. The van der Waals surface area contributed by atoms with Crippen molar-refractivity contribution < 1.29 is 24.3 Å². The maximum atomic E-state index is 12.1. The number of carbonyl (C=O) groups excluding carboxylic acids is 3. The summed E-state index contributed by atoms with van der Waals surface area (Å²) in [6, 6.07) is 18.4. The average Bonchev–Trinajstić information content (AvgIpc) is 3.53. The number of fused-ring (bicyclic) bond motifs is 1. The Labute approximate surface area is 229 Å². The fraction of sp³-hybridized carbons (Fsp3) is 0.241. The molecule has 39 heavy (non-hydrogen) atoms. The average molecular weight is 545 g/mol. The highest BCUT2D eigenvalue weighted by molar-refractivity contribution is 7.21. The summed E-state index contributed by atoms with van der Waals surface area (Å²) in [5.41, 5.74) is 4.70. The number of azo groups is 1. The van der Waals surface area contributed by atoms with Gasteiger partial charge in [-0.3, -0.25) is 9.59 Å². The van der Waals surface area contributed by atoms with Crippen molar-refractivity contribution in [2.24, 2.45) is 10.2 Å². The molecule has 0 atom stereocenters. The minimum Gasteiger partial charge on any atom is -0.506 e. The number of phenols is 1. The van der Waals surface area contributed by atoms with Gasteiger partial charge in [0.2, 0.25) is 0 Å². The van der Waals surface area contributed by atoms with Crippen LogP contribution in [0.25, 0.3) is 20.8 Å². The standard InChI is InChI=1S/C27H22N4O5S.C2H6/c1-16-3-2-4-22-26(16)28-27(37-22)18-7-9-19(10-8-18)29-30-20-15-17(5-11-21(20)32)6-14-25(35)36-31-23(33)12-13-24(31)34;1-2/h2-5,7-11,15,32H,6,12-14H2,1H3;1-2H3. The number of benzene rings is 3. The Morgan fingerprint density at radius 2 is 1.74 bits per heavy atom. The molecular weight excluding hydrogens is 516 g/mol. The van der Waals surface area contributed by atoms with Crippen LogP contribution in [0.5, 0.6) is 5.75 Å². The van der Waals surface area contributed by atoms with Crippen molar-refractivity contribution in [2.45, 2.75) is 46.5 Å². The first kappa shape index (κ1) is 27.6. The van der Waals surface area contributed by atoms with Crippen LogP contribution in [0, 0.1) is 6.92 Å². The van der Waals surface area contributed by atoms with Crippen molar-refractivity contribution in [3.8, 4) is 16.3 Å². The van der Waals surface area contributed by atoms with E-state index in [0.717, 1.165) is 26.4 Å². The second kappa shape index (κ2) is 12.4. The van der Waals surface area contributed by atoms with Crippen molar-refractivity contribution in [3.05, 3.63) is 71.8 Å². The molecule has 1 aromatic heterocycles. The van der Waals surface area contributed by atoms with E-state index in [1.807, 2.05) is 57.2 Å². The predicted molar refractivity (Wildman–Crippen MR) is 149 cm³/mol. The molecule has 4 aromatic rings. The van der Waals surface area contributed by atoms with E-state index in [9.17, 15) is 19.5 Å². The molecule has 5 rings (SSSR count). The second-order valence-electron chi connectivity index (χ2n) is 8.56. The number of phenolic OH excluding ortho intramolecular Hbond substituents is 1. The van der Waals surface area contributed by atoms with Gasteiger partial charge in [-0.15, -0.1) is 21.5 Å². The van der Waals surface area contributed by atoms with Crippen molar-refractivity contribution in [1.29, 1.82) is 0 Å². The van der Waals surface area contributed by atoms with Gasteiger partial charge in [0.15, 0.2) is 0 Å². The molecule has 0 aliphatic carbocycles. The maximum absolute atomic E-state index is 12.1. The number of thiazole rings is 1. The van der Waals surface area contributed by atoms with Crippen LogP contribution in [0.3, 0.4) is 0 Å². The zero-order chi connectivity index (χ0) is 27.9. The largest absolute Gasteiger partial charge is 0.506 e. The summed E-state index contributed by atoms with van der Waals surface area (Å²) >= 11 is 1.63. The Morgan fingerprint density at radius 3 is 2.44 bits per heavy atom. The van der Waals surface area contributed by atoms with Crippen LogP contribution < -0.4 is 0 Å². The van der Waals surface area contributed by atoms with Crippen LogP contribution in [0.2, 0.25) is 0 Å². The topological polar surface area (TPSA) is 122 Å². The first-order valence-corrected chi connectivity index (χ1v) is 13.5. The summed E-state index contributed by atoms with van der Waals surface area (Å²) < 4.78 is 1.14. The van der Waals surface area contributed by atoms with E-state index in [4.69, 9.17) is 9.82 Å². The lowest BCUT2D eigenvalue weighted by molar-refractivity contribution is -0.197. The molecule has 0 radical (unpaired) electrons. The number of hydroxylamine groups is 2. The summed E-state index contributed by atoms with van der Waals surface area (Å²) in [5.74, 6) is -1.78. The Hall–Kier alpha value is -4.44. The highest BCUT2D eigenvalue weighted by atomic mass is 32.1. The van der Waals surface area contributed by atoms with Crippen molar-refractivity contribution in [2.75, 3.05) is 0 Å². The Morgan fingerprint density at radius 1 is 1.03 bits per heavy atom. The van der Waals surface area contributed by atoms with Crippen LogP contribution in [0.15, 0.2) is 70.9 Å². The molecule has 0 spiro atoms. The molecule has 200 valence electrons. The third kappa shape index (κ3) is 6.53. The van der Waals surface area contributed by atoms with Gasteiger partial charge in [-0.2, -0.15) is 5.11 Å². The molecule has 1 fully saturated rings. The summed E-state index contributed by atoms with van der Waals surface area (Å²) in [7, 11) is 0. The quantitative estimate of drug-likeness (QED) is 0.198. The minimum atomic E-state index is -0.691. The molecule has 1 N–H and O–H groups in total. The number of amides is 2. The van der Waals surface area contributed by atoms with Crippen molar-refractivity contribution >= 4 is 50.7 Å². The fourth-order valence-electron chi connectivity index (χ4n) is 3.85. The number of rotatable bonds is 7. The van der Waals surface area contributed by atoms with Gasteiger partial charge in [0.05, 0.1) is 22.3 Å². The van der Waals surface area contributed by atoms with E-state index in [2.05, 4.69) is 16.3 Å². The van der Waals surface area contributed by atoms with Gasteiger partial charge in [0.1, 0.15) is 16.4 Å². The molecule has 2 heterocycles. The maximum Gasteiger partial charge on any atom is 0.333 e. The highest BCUT2D eigenvalue weighted by Crippen LogP contribution is 2.33. The zero-order valence-corrected chi connectivity index (χ0v) is 22.7. The number of imide groups is 1. The highest BCUT2D eigenvalue weighted by Gasteiger charge is 2.32. The van der Waals surface area contributed by atoms with Gasteiger partial charge in [-0.1, -0.05) is 32.0 Å². The first-order chi connectivity index (χ1) is 18.9. The smallest absolute Gasteiger partial charge is 0.333 e. The predicted octanol–water partition coefficient (Wildman–Crippen LogP) is 6.96. The monoisotopic (exact) mass is 544 g/mol. The third-order valence-corrected chi connectivity index (χ3v) is 6.93. The van der Waals surface area contributed by atoms with E-state index in [1.165, 1.54) is 6.07 Å². The fourth-order valence-corrected chi connectivity index (χ4v) is 4.90. The lowest BCUT2D eigenvalue weighted by Gasteiger charge is -2.12. The van der Waals surface area contributed by atoms with Gasteiger partial charge in [0.25, 0.3) is 11.8 Å². The van der Waals surface area contributed by atoms with E-state index >= 15 is 0 Å². The minimum absolute atomic E-state index is 0.0445. The second-order valence-corrected chi connectivity index (χ2v) is 9.59. The number of nitrogens with zero attached hydrogens (tertiary/aromatic N) is 4. The van der Waals surface area contributed by atoms with Crippen LogP contribution in [0.1, 0.15) is 44.2 Å². The molecule has 0 bridgehead atoms. The molecule has 0 saturated carbocycles. The summed E-state index contributed by atoms with van der Waals surface area (Å²) in [5, 5.41) is 20.0. The van der Waals surface area contributed by atoms with Gasteiger partial charge in [-0.25, -0.2) is 9.78 Å². The van der Waals surface area contributed by atoms with E-state index in [1.54, 1.807) is 23.5 Å². The SMILES string of the molecule is CC.Cc1cccc2sc(-c3ccc(N=Nc4cc(CCC(=O)ON5C(=O)CCC5=O)ccc4O)cc3)nc12. The summed E-state index contributed by atoms with van der Waals surface area (Å²) in [6.07, 6.45) is 0.311. The number of aromatic nitrogens is 1. The molecule has 10 heteroatoms. The van der Waals surface area contributed by atoms with Gasteiger partial charge < -0.3 is 9.94 Å². The molecule has 1 aliphatic rings. The van der Waals surface area contributed by atoms with E-state index in [0.29, 0.717) is 16.3 Å². The Bertz CT molecular complexity index is 1530. The first-order valence-electron chi connectivity index (χ1n) is 12.6. The third-order valence-electron chi connectivity index (χ3n) is 5.86. The van der Waals surface area contributed by atoms with E-state index < -0.39 is 17.8 Å². The molecule has 1 saturated heterocycles. The number of aryl methyl sites for hydroxylation is 2. The molecule has 2 amide bonds. The van der Waals surface area contributed by atoms with Crippen LogP contribution in [0.4, 0.5) is 11.4 Å². The normalized spacial score (nSPS) is 13.2. The lowest BCUT2D eigenvalue weighted by atomic mass is 10.1. The number of carbonyl (C=O) groups is 3. The van der Waals surface area contributed by atoms with Crippen LogP contribution >= 0.6 is 11.3 Å². The number of para-hydroxylation sites is 1. The number of aromatic hydroxyl groups is 1. The molecule has 1 aliphatic heterocycles. The van der Waals surface area contributed by atoms with Gasteiger partial charge in [-0.05, 0) is 66.9 Å². The Balaban J connectivity index is 0.00000172. The number of hydrogen-bond donors (Lipinski definition) is 1. The van der Waals surface area contributed by atoms with Crippen molar-refractivity contribution in [1.82, 2.24) is 10.0 Å². The molecular formula is C29H28N4O5S.